The second kappa shape index (κ2) is 9.77. The number of esters is 1. The third kappa shape index (κ3) is 5.12. The summed E-state index contributed by atoms with van der Waals surface area (Å²) in [5.74, 6) is -1.68. The summed E-state index contributed by atoms with van der Waals surface area (Å²) >= 11 is 0. The molecule has 2 aromatic rings. The van der Waals surface area contributed by atoms with Crippen molar-refractivity contribution in [1.29, 1.82) is 0 Å². The van der Waals surface area contributed by atoms with E-state index in [1.165, 1.54) is 37.3 Å². The molecule has 11 heteroatoms. The van der Waals surface area contributed by atoms with Crippen LogP contribution < -0.4 is 19.7 Å². The van der Waals surface area contributed by atoms with Gasteiger partial charge in [-0.25, -0.2) is 0 Å². The summed E-state index contributed by atoms with van der Waals surface area (Å²) in [5.41, 5.74) is 0.613. The molecule has 1 atom stereocenters. The maximum absolute atomic E-state index is 12.5. The van der Waals surface area contributed by atoms with Gasteiger partial charge in [0.15, 0.2) is 6.61 Å². The van der Waals surface area contributed by atoms with Crippen LogP contribution >= 0.6 is 0 Å². The molecule has 0 aliphatic carbocycles. The number of benzene rings is 2. The number of nitro benzene ring substituents is 1. The fourth-order valence-electron chi connectivity index (χ4n) is 3.25. The molecule has 1 N–H and O–H groups in total. The Kier molecular flexibility index (Phi) is 6.88. The molecule has 0 saturated carbocycles. The summed E-state index contributed by atoms with van der Waals surface area (Å²) in [6, 6.07) is 10.5. The van der Waals surface area contributed by atoms with E-state index < -0.39 is 29.3 Å². The van der Waals surface area contributed by atoms with Crippen LogP contribution in [0.1, 0.15) is 6.42 Å². The van der Waals surface area contributed by atoms with Crippen molar-refractivity contribution in [3.63, 3.8) is 0 Å². The molecule has 0 spiro atoms. The normalized spacial score (nSPS) is 15.2. The van der Waals surface area contributed by atoms with Gasteiger partial charge in [-0.15, -0.1) is 0 Å². The number of nitrogens with one attached hydrogen (secondary N) is 1. The number of carbonyl (C=O) groups excluding carboxylic acids is 3. The number of nitro groups is 1. The zero-order valence-corrected chi connectivity index (χ0v) is 17.4. The number of carbonyl (C=O) groups is 3. The second-order valence-corrected chi connectivity index (χ2v) is 6.91. The largest absolute Gasteiger partial charge is 0.497 e. The number of rotatable bonds is 8. The van der Waals surface area contributed by atoms with Crippen LogP contribution in [0.4, 0.5) is 17.1 Å². The molecular weight excluding hydrogens is 422 g/mol. The average molecular weight is 443 g/mol. The Morgan fingerprint density at radius 1 is 1.19 bits per heavy atom. The number of nitrogens with zero attached hydrogens (tertiary/aromatic N) is 2. The Hall–Kier alpha value is -4.15. The van der Waals surface area contributed by atoms with Gasteiger partial charge in [0.05, 0.1) is 36.8 Å². The molecule has 0 unspecified atom stereocenters. The van der Waals surface area contributed by atoms with Crippen molar-refractivity contribution in [2.75, 3.05) is 37.6 Å². The Labute approximate surface area is 183 Å². The first-order chi connectivity index (χ1) is 15.3. The molecule has 0 radical (unpaired) electrons. The number of anilines is 2. The lowest BCUT2D eigenvalue weighted by Crippen LogP contribution is -2.28. The molecule has 0 bridgehead atoms. The highest BCUT2D eigenvalue weighted by molar-refractivity contribution is 6.01. The predicted molar refractivity (Wildman–Crippen MR) is 113 cm³/mol. The summed E-state index contributed by atoms with van der Waals surface area (Å²) < 4.78 is 15.3. The standard InChI is InChI=1S/C21H21N3O8/c1-30-16-5-3-4-14(9-16)22-19(25)12-32-21(27)13-8-20(26)23(11-13)17-7-6-15(24(28)29)10-18(17)31-2/h3-7,9-10,13H,8,11-12H2,1-2H3,(H,22,25)/t13-/m1/s1. The van der Waals surface area contributed by atoms with E-state index in [1.54, 1.807) is 24.3 Å². The van der Waals surface area contributed by atoms with E-state index in [9.17, 15) is 24.5 Å². The van der Waals surface area contributed by atoms with Gasteiger partial charge in [0.1, 0.15) is 11.5 Å². The van der Waals surface area contributed by atoms with E-state index in [2.05, 4.69) is 5.32 Å². The number of hydrogen-bond donors (Lipinski definition) is 1. The van der Waals surface area contributed by atoms with Gasteiger partial charge >= 0.3 is 5.97 Å². The first kappa shape index (κ1) is 22.5. The quantitative estimate of drug-likeness (QED) is 0.372. The smallest absolute Gasteiger partial charge is 0.311 e. The first-order valence-corrected chi connectivity index (χ1v) is 9.55. The van der Waals surface area contributed by atoms with Crippen molar-refractivity contribution >= 4 is 34.8 Å². The summed E-state index contributed by atoms with van der Waals surface area (Å²) in [6.45, 7) is -0.509. The number of amides is 2. The van der Waals surface area contributed by atoms with Crippen molar-refractivity contribution in [3.05, 3.63) is 52.6 Å². The van der Waals surface area contributed by atoms with Gasteiger partial charge < -0.3 is 24.4 Å². The second-order valence-electron chi connectivity index (χ2n) is 6.91. The van der Waals surface area contributed by atoms with Gasteiger partial charge in [-0.1, -0.05) is 6.07 Å². The van der Waals surface area contributed by atoms with Gasteiger partial charge in [-0.05, 0) is 18.2 Å². The monoisotopic (exact) mass is 443 g/mol. The van der Waals surface area contributed by atoms with E-state index in [4.69, 9.17) is 14.2 Å². The van der Waals surface area contributed by atoms with Gasteiger partial charge in [-0.2, -0.15) is 0 Å². The Morgan fingerprint density at radius 2 is 1.97 bits per heavy atom. The highest BCUT2D eigenvalue weighted by Gasteiger charge is 2.37. The maximum atomic E-state index is 12.5. The summed E-state index contributed by atoms with van der Waals surface area (Å²) in [7, 11) is 2.83. The number of hydrogen-bond acceptors (Lipinski definition) is 8. The number of non-ortho nitro benzene ring substituents is 1. The highest BCUT2D eigenvalue weighted by Crippen LogP contribution is 2.36. The summed E-state index contributed by atoms with van der Waals surface area (Å²) in [6.07, 6.45) is -0.115. The molecule has 1 aliphatic heterocycles. The van der Waals surface area contributed by atoms with E-state index in [0.717, 1.165) is 0 Å². The minimum Gasteiger partial charge on any atom is -0.497 e. The van der Waals surface area contributed by atoms with Crippen LogP contribution in [0, 0.1) is 16.0 Å². The highest BCUT2D eigenvalue weighted by atomic mass is 16.6. The van der Waals surface area contributed by atoms with Gasteiger partial charge in [0, 0.05) is 30.8 Å². The fourth-order valence-corrected chi connectivity index (χ4v) is 3.25. The molecule has 1 heterocycles. The minimum absolute atomic E-state index is 0.00331. The number of ether oxygens (including phenoxy) is 3. The molecule has 3 rings (SSSR count). The third-order valence-electron chi connectivity index (χ3n) is 4.82. The van der Waals surface area contributed by atoms with Crippen LogP contribution in [-0.2, 0) is 19.1 Å². The van der Waals surface area contributed by atoms with Crippen molar-refractivity contribution in [3.8, 4) is 11.5 Å². The molecule has 11 nitrogen and oxygen atoms in total. The van der Waals surface area contributed by atoms with Gasteiger partial charge in [-0.3, -0.25) is 24.5 Å². The minimum atomic E-state index is -0.785. The molecule has 1 saturated heterocycles. The van der Waals surface area contributed by atoms with Crippen molar-refractivity contribution in [1.82, 2.24) is 0 Å². The molecular formula is C21H21N3O8. The van der Waals surface area contributed by atoms with E-state index >= 15 is 0 Å². The molecule has 1 fully saturated rings. The zero-order valence-electron chi connectivity index (χ0n) is 17.4. The lowest BCUT2D eigenvalue weighted by atomic mass is 10.1. The van der Waals surface area contributed by atoms with E-state index in [0.29, 0.717) is 17.1 Å². The van der Waals surface area contributed by atoms with Crippen molar-refractivity contribution in [2.24, 2.45) is 5.92 Å². The third-order valence-corrected chi connectivity index (χ3v) is 4.82. The van der Waals surface area contributed by atoms with Crippen LogP contribution in [0.25, 0.3) is 0 Å². The molecule has 32 heavy (non-hydrogen) atoms. The molecule has 168 valence electrons. The van der Waals surface area contributed by atoms with Crippen LogP contribution in [0.5, 0.6) is 11.5 Å². The van der Waals surface area contributed by atoms with E-state index in [-0.39, 0.29) is 30.3 Å². The maximum Gasteiger partial charge on any atom is 0.311 e. The van der Waals surface area contributed by atoms with Crippen LogP contribution in [0.3, 0.4) is 0 Å². The zero-order chi connectivity index (χ0) is 23.3. The SMILES string of the molecule is COc1cccc(NC(=O)COC(=O)[C@@H]2CC(=O)N(c3ccc([N+](=O)[O-])cc3OC)C2)c1. The van der Waals surface area contributed by atoms with Gasteiger partial charge in [0.2, 0.25) is 5.91 Å². The lowest BCUT2D eigenvalue weighted by molar-refractivity contribution is -0.384. The van der Waals surface area contributed by atoms with Gasteiger partial charge in [0.25, 0.3) is 11.6 Å². The van der Waals surface area contributed by atoms with Crippen molar-refractivity contribution in [2.45, 2.75) is 6.42 Å². The lowest BCUT2D eigenvalue weighted by Gasteiger charge is -2.19. The topological polar surface area (TPSA) is 137 Å². The molecule has 2 aromatic carbocycles. The average Bonchev–Trinajstić information content (AvgIpc) is 3.18. The van der Waals surface area contributed by atoms with E-state index in [1.807, 2.05) is 0 Å². The Balaban J connectivity index is 1.59. The van der Waals surface area contributed by atoms with Crippen LogP contribution in [0.2, 0.25) is 0 Å². The predicted octanol–water partition coefficient (Wildman–Crippen LogP) is 2.15. The Bertz CT molecular complexity index is 1060. The van der Waals surface area contributed by atoms with Crippen LogP contribution in [0.15, 0.2) is 42.5 Å². The number of methoxy groups -OCH3 is 2. The molecule has 2 amide bonds. The summed E-state index contributed by atoms with van der Waals surface area (Å²) in [4.78, 5) is 48.6. The Morgan fingerprint density at radius 3 is 2.66 bits per heavy atom. The molecule has 0 aromatic heterocycles. The first-order valence-electron chi connectivity index (χ1n) is 9.55. The van der Waals surface area contributed by atoms with Crippen LogP contribution in [-0.4, -0.2) is 50.1 Å². The van der Waals surface area contributed by atoms with Crippen molar-refractivity contribution < 1.29 is 33.5 Å². The fraction of sp³-hybridized carbons (Fsp3) is 0.286. The summed E-state index contributed by atoms with van der Waals surface area (Å²) in [5, 5.41) is 13.5. The molecule has 1 aliphatic rings.